The zero-order valence-electron chi connectivity index (χ0n) is 20.5. The predicted octanol–water partition coefficient (Wildman–Crippen LogP) is 6.02. The van der Waals surface area contributed by atoms with E-state index in [1.54, 1.807) is 13.2 Å². The predicted molar refractivity (Wildman–Crippen MR) is 135 cm³/mol. The fourth-order valence-electron chi connectivity index (χ4n) is 5.54. The molecule has 0 amide bonds. The molecule has 36 heavy (non-hydrogen) atoms. The molecular weight excluding hydrogens is 459 g/mol. The van der Waals surface area contributed by atoms with Crippen molar-refractivity contribution >= 4 is 22.1 Å². The number of fused-ring (bicyclic) bond motifs is 3. The molecule has 1 aromatic carbocycles. The molecule has 4 aromatic heterocycles. The molecule has 5 heterocycles. The number of nitrogens with zero attached hydrogens (tertiary/aromatic N) is 4. The fraction of sp³-hybridized carbons (Fsp3) is 0.321. The summed E-state index contributed by atoms with van der Waals surface area (Å²) in [4.78, 5) is 9.72. The first kappa shape index (κ1) is 22.7. The van der Waals surface area contributed by atoms with Crippen molar-refractivity contribution in [2.24, 2.45) is 5.92 Å². The fourth-order valence-corrected chi connectivity index (χ4v) is 5.54. The second-order valence-corrected chi connectivity index (χ2v) is 9.30. The summed E-state index contributed by atoms with van der Waals surface area (Å²) in [5.74, 6) is 1.15. The van der Waals surface area contributed by atoms with Gasteiger partial charge in [0.15, 0.2) is 0 Å². The highest BCUT2D eigenvalue weighted by molar-refractivity contribution is 6.05. The van der Waals surface area contributed by atoms with Crippen molar-refractivity contribution in [3.8, 4) is 17.0 Å². The number of aryl methyl sites for hydroxylation is 2. The molecule has 5 aromatic rings. The van der Waals surface area contributed by atoms with Crippen LogP contribution in [0.2, 0.25) is 0 Å². The lowest BCUT2D eigenvalue weighted by Crippen LogP contribution is -2.27. The Balaban J connectivity index is 1.69. The van der Waals surface area contributed by atoms with Crippen LogP contribution in [0, 0.1) is 25.6 Å². The standard InChI is InChI=1S/C28H27FN4O3/c1-16-25(17(2)36-32-16)19-14-23-26(30-15-19)21-8-9-24(34-3)31-28(21)33(23)27(18-10-12-35-13-11-18)20-6-4-5-7-22(20)29/h4-9,14-15,18,27H,10-13H2,1-3H3. The summed E-state index contributed by atoms with van der Waals surface area (Å²) < 4.78 is 34.1. The molecule has 0 saturated carbocycles. The van der Waals surface area contributed by atoms with Crippen LogP contribution in [0.5, 0.6) is 5.88 Å². The summed E-state index contributed by atoms with van der Waals surface area (Å²) in [6.07, 6.45) is 3.48. The average Bonchev–Trinajstić information content (AvgIpc) is 3.41. The molecule has 0 N–H and O–H groups in total. The Morgan fingerprint density at radius 3 is 2.64 bits per heavy atom. The zero-order valence-corrected chi connectivity index (χ0v) is 20.5. The highest BCUT2D eigenvalue weighted by Gasteiger charge is 2.32. The van der Waals surface area contributed by atoms with Crippen LogP contribution in [0.15, 0.2) is 53.2 Å². The van der Waals surface area contributed by atoms with E-state index in [4.69, 9.17) is 24.0 Å². The van der Waals surface area contributed by atoms with Crippen molar-refractivity contribution in [3.63, 3.8) is 0 Å². The summed E-state index contributed by atoms with van der Waals surface area (Å²) in [7, 11) is 1.60. The van der Waals surface area contributed by atoms with Crippen LogP contribution >= 0.6 is 0 Å². The van der Waals surface area contributed by atoms with Gasteiger partial charge in [0.05, 0.1) is 29.9 Å². The number of benzene rings is 1. The van der Waals surface area contributed by atoms with E-state index in [9.17, 15) is 0 Å². The lowest BCUT2D eigenvalue weighted by molar-refractivity contribution is 0.0547. The quantitative estimate of drug-likeness (QED) is 0.302. The van der Waals surface area contributed by atoms with Gasteiger partial charge in [-0.05, 0) is 50.8 Å². The lowest BCUT2D eigenvalue weighted by atomic mass is 9.86. The van der Waals surface area contributed by atoms with Gasteiger partial charge in [0.2, 0.25) is 5.88 Å². The second-order valence-electron chi connectivity index (χ2n) is 9.30. The highest BCUT2D eigenvalue weighted by atomic mass is 19.1. The molecule has 1 aliphatic heterocycles. The van der Waals surface area contributed by atoms with Crippen LogP contribution in [0.3, 0.4) is 0 Å². The number of hydrogen-bond donors (Lipinski definition) is 0. The molecule has 0 spiro atoms. The molecule has 1 saturated heterocycles. The van der Waals surface area contributed by atoms with Crippen molar-refractivity contribution in [3.05, 3.63) is 71.5 Å². The number of halogens is 1. The third-order valence-corrected chi connectivity index (χ3v) is 7.21. The SMILES string of the molecule is COc1ccc2c3ncc(-c4c(C)noc4C)cc3n(C(c3ccccc3F)C3CCOCC3)c2n1. The minimum absolute atomic E-state index is 0.158. The Morgan fingerprint density at radius 2 is 1.92 bits per heavy atom. The van der Waals surface area contributed by atoms with E-state index in [1.165, 1.54) is 6.07 Å². The lowest BCUT2D eigenvalue weighted by Gasteiger charge is -2.33. The minimum atomic E-state index is -0.295. The van der Waals surface area contributed by atoms with Gasteiger partial charge in [0.1, 0.15) is 17.2 Å². The van der Waals surface area contributed by atoms with E-state index in [0.29, 0.717) is 30.3 Å². The van der Waals surface area contributed by atoms with Gasteiger partial charge in [0, 0.05) is 47.6 Å². The third-order valence-electron chi connectivity index (χ3n) is 7.21. The van der Waals surface area contributed by atoms with Crippen LogP contribution in [-0.2, 0) is 4.74 Å². The minimum Gasteiger partial charge on any atom is -0.481 e. The summed E-state index contributed by atoms with van der Waals surface area (Å²) in [6.45, 7) is 5.10. The van der Waals surface area contributed by atoms with Gasteiger partial charge in [-0.2, -0.15) is 4.98 Å². The largest absolute Gasteiger partial charge is 0.481 e. The van der Waals surface area contributed by atoms with Crippen LogP contribution in [-0.4, -0.2) is 40.0 Å². The van der Waals surface area contributed by atoms with E-state index in [0.717, 1.165) is 51.8 Å². The Bertz CT molecular complexity index is 1550. The smallest absolute Gasteiger partial charge is 0.214 e. The van der Waals surface area contributed by atoms with Gasteiger partial charge in [-0.25, -0.2) is 4.39 Å². The maximum absolute atomic E-state index is 15.4. The summed E-state index contributed by atoms with van der Waals surface area (Å²) >= 11 is 0. The van der Waals surface area contributed by atoms with Crippen LogP contribution < -0.4 is 4.74 Å². The summed E-state index contributed by atoms with van der Waals surface area (Å²) in [6, 6.07) is 12.6. The number of pyridine rings is 2. The van der Waals surface area contributed by atoms with Gasteiger partial charge in [-0.15, -0.1) is 0 Å². The molecule has 1 fully saturated rings. The molecule has 8 heteroatoms. The van der Waals surface area contributed by atoms with Gasteiger partial charge in [-0.3, -0.25) is 4.98 Å². The molecule has 0 radical (unpaired) electrons. The second kappa shape index (κ2) is 9.02. The average molecular weight is 487 g/mol. The Kier molecular flexibility index (Phi) is 5.68. The number of aromatic nitrogens is 4. The van der Waals surface area contributed by atoms with E-state index in [-0.39, 0.29) is 17.8 Å². The summed E-state index contributed by atoms with van der Waals surface area (Å²) in [5.41, 5.74) is 5.65. The first-order valence-electron chi connectivity index (χ1n) is 12.2. The monoisotopic (exact) mass is 486 g/mol. The summed E-state index contributed by atoms with van der Waals surface area (Å²) in [5, 5.41) is 5.02. The van der Waals surface area contributed by atoms with Gasteiger partial charge in [-0.1, -0.05) is 23.4 Å². The van der Waals surface area contributed by atoms with E-state index in [1.807, 2.05) is 44.3 Å². The molecule has 0 aliphatic carbocycles. The highest BCUT2D eigenvalue weighted by Crippen LogP contribution is 2.42. The first-order valence-corrected chi connectivity index (χ1v) is 12.2. The third kappa shape index (κ3) is 3.64. The molecule has 7 nitrogen and oxygen atoms in total. The molecule has 1 atom stereocenters. The number of rotatable bonds is 5. The topological polar surface area (TPSA) is 75.2 Å². The normalized spacial score (nSPS) is 15.6. The van der Waals surface area contributed by atoms with E-state index in [2.05, 4.69) is 15.8 Å². The van der Waals surface area contributed by atoms with Crippen LogP contribution in [0.25, 0.3) is 33.2 Å². The molecule has 184 valence electrons. The Labute approximate surface area is 207 Å². The Hall–Kier alpha value is -3.78. The van der Waals surface area contributed by atoms with E-state index < -0.39 is 0 Å². The molecule has 0 bridgehead atoms. The Morgan fingerprint density at radius 1 is 1.11 bits per heavy atom. The van der Waals surface area contributed by atoms with Crippen molar-refractivity contribution in [2.75, 3.05) is 20.3 Å². The molecule has 6 rings (SSSR count). The van der Waals surface area contributed by atoms with Crippen molar-refractivity contribution in [1.29, 1.82) is 0 Å². The van der Waals surface area contributed by atoms with Crippen molar-refractivity contribution in [2.45, 2.75) is 32.7 Å². The van der Waals surface area contributed by atoms with Crippen LogP contribution in [0.1, 0.15) is 35.9 Å². The maximum Gasteiger partial charge on any atom is 0.214 e. The number of ether oxygens (including phenoxy) is 2. The van der Waals surface area contributed by atoms with Crippen LogP contribution in [0.4, 0.5) is 4.39 Å². The number of methoxy groups -OCH3 is 1. The van der Waals surface area contributed by atoms with Gasteiger partial charge >= 0.3 is 0 Å². The molecular formula is C28H27FN4O3. The van der Waals surface area contributed by atoms with Crippen molar-refractivity contribution < 1.29 is 18.4 Å². The first-order chi connectivity index (χ1) is 17.6. The van der Waals surface area contributed by atoms with Crippen molar-refractivity contribution in [1.82, 2.24) is 19.7 Å². The number of hydrogen-bond acceptors (Lipinski definition) is 6. The molecule has 1 aliphatic rings. The van der Waals surface area contributed by atoms with Gasteiger partial charge in [0.25, 0.3) is 0 Å². The maximum atomic E-state index is 15.4. The van der Waals surface area contributed by atoms with Gasteiger partial charge < -0.3 is 18.6 Å². The zero-order chi connectivity index (χ0) is 24.8. The molecule has 1 unspecified atom stereocenters. The van der Waals surface area contributed by atoms with E-state index >= 15 is 4.39 Å².